The first kappa shape index (κ1) is 17.7. The second-order valence-corrected chi connectivity index (χ2v) is 5.65. The molecule has 6 heteroatoms. The monoisotopic (exact) mass is 329 g/mol. The number of carbonyl (C=O) groups is 2. The molecule has 3 N–H and O–H groups in total. The molecule has 0 aliphatic rings. The summed E-state index contributed by atoms with van der Waals surface area (Å²) in [6, 6.07) is 11.3. The Bertz CT molecular complexity index is 692. The van der Waals surface area contributed by atoms with E-state index < -0.39 is 0 Å². The first-order chi connectivity index (χ1) is 11.5. The molecule has 0 spiro atoms. The van der Waals surface area contributed by atoms with E-state index in [1.807, 2.05) is 38.1 Å². The molecule has 2 rings (SSSR count). The van der Waals surface area contributed by atoms with Crippen molar-refractivity contribution in [3.8, 4) is 0 Å². The molecule has 0 aliphatic carbocycles. The molecule has 1 heterocycles. The van der Waals surface area contributed by atoms with Gasteiger partial charge in [-0.2, -0.15) is 0 Å². The number of carbonyl (C=O) groups excluding carboxylic acids is 2. The number of nitrogens with one attached hydrogen (secondary N) is 3. The van der Waals surface area contributed by atoms with Crippen LogP contribution in [-0.4, -0.2) is 25.4 Å². The van der Waals surface area contributed by atoms with E-state index in [1.54, 1.807) is 19.2 Å². The Labute approximate surface area is 141 Å². The zero-order chi connectivity index (χ0) is 17.5. The maximum Gasteiger partial charge on any atom is 0.286 e. The second kappa shape index (κ2) is 8.31. The highest BCUT2D eigenvalue weighted by Crippen LogP contribution is 2.12. The molecule has 128 valence electrons. The van der Waals surface area contributed by atoms with Crippen LogP contribution in [0.25, 0.3) is 0 Å². The van der Waals surface area contributed by atoms with E-state index in [-0.39, 0.29) is 30.2 Å². The fourth-order valence-electron chi connectivity index (χ4n) is 2.25. The summed E-state index contributed by atoms with van der Waals surface area (Å²) in [5.41, 5.74) is 2.25. The molecule has 0 radical (unpaired) electrons. The smallest absolute Gasteiger partial charge is 0.286 e. The van der Waals surface area contributed by atoms with Crippen molar-refractivity contribution in [2.45, 2.75) is 26.4 Å². The number of furan rings is 1. The average molecular weight is 329 g/mol. The van der Waals surface area contributed by atoms with E-state index in [0.717, 1.165) is 5.56 Å². The van der Waals surface area contributed by atoms with Crippen LogP contribution in [0, 0.1) is 6.92 Å². The minimum atomic E-state index is -0.272. The maximum atomic E-state index is 12.0. The molecule has 1 aromatic carbocycles. The van der Waals surface area contributed by atoms with Gasteiger partial charge in [-0.1, -0.05) is 29.8 Å². The summed E-state index contributed by atoms with van der Waals surface area (Å²) in [5, 5.41) is 8.43. The van der Waals surface area contributed by atoms with Crippen LogP contribution in [0.2, 0.25) is 0 Å². The number of amides is 2. The first-order valence-corrected chi connectivity index (χ1v) is 7.87. The molecule has 2 amide bonds. The van der Waals surface area contributed by atoms with Crippen molar-refractivity contribution in [1.82, 2.24) is 16.0 Å². The standard InChI is InChI=1S/C18H23N3O3/c1-12-4-6-14(7-5-12)13(2)21-17(22)11-20-10-15-8-9-16(24-15)18(23)19-3/h4-9,13,20H,10-11H2,1-3H3,(H,19,23)(H,21,22). The Morgan fingerprint density at radius 3 is 2.50 bits per heavy atom. The molecule has 2 aromatic rings. The molecule has 1 unspecified atom stereocenters. The second-order valence-electron chi connectivity index (χ2n) is 5.65. The van der Waals surface area contributed by atoms with Crippen molar-refractivity contribution in [3.63, 3.8) is 0 Å². The van der Waals surface area contributed by atoms with Crippen molar-refractivity contribution in [2.24, 2.45) is 0 Å². The van der Waals surface area contributed by atoms with Crippen LogP contribution in [0.5, 0.6) is 0 Å². The van der Waals surface area contributed by atoms with Gasteiger partial charge >= 0.3 is 0 Å². The van der Waals surface area contributed by atoms with Crippen LogP contribution < -0.4 is 16.0 Å². The van der Waals surface area contributed by atoms with Gasteiger partial charge in [0, 0.05) is 7.05 Å². The van der Waals surface area contributed by atoms with E-state index >= 15 is 0 Å². The highest BCUT2D eigenvalue weighted by Gasteiger charge is 2.11. The molecule has 0 saturated heterocycles. The maximum absolute atomic E-state index is 12.0. The zero-order valence-corrected chi connectivity index (χ0v) is 14.2. The van der Waals surface area contributed by atoms with Gasteiger partial charge in [0.05, 0.1) is 19.1 Å². The molecule has 24 heavy (non-hydrogen) atoms. The quantitative estimate of drug-likeness (QED) is 0.725. The third kappa shape index (κ3) is 4.96. The van der Waals surface area contributed by atoms with Gasteiger partial charge in [0.2, 0.25) is 5.91 Å². The zero-order valence-electron chi connectivity index (χ0n) is 14.2. The lowest BCUT2D eigenvalue weighted by atomic mass is 10.1. The predicted molar refractivity (Wildman–Crippen MR) is 91.5 cm³/mol. The van der Waals surface area contributed by atoms with Crippen molar-refractivity contribution < 1.29 is 14.0 Å². The number of aryl methyl sites for hydroxylation is 1. The Morgan fingerprint density at radius 2 is 1.83 bits per heavy atom. The normalized spacial score (nSPS) is 11.8. The lowest BCUT2D eigenvalue weighted by Crippen LogP contribution is -2.35. The molecule has 1 atom stereocenters. The van der Waals surface area contributed by atoms with Gasteiger partial charge in [0.1, 0.15) is 5.76 Å². The summed E-state index contributed by atoms with van der Waals surface area (Å²) in [6.45, 7) is 4.53. The summed E-state index contributed by atoms with van der Waals surface area (Å²) >= 11 is 0. The number of benzene rings is 1. The van der Waals surface area contributed by atoms with Crippen LogP contribution in [0.1, 0.15) is 40.4 Å². The largest absolute Gasteiger partial charge is 0.455 e. The Hall–Kier alpha value is -2.60. The van der Waals surface area contributed by atoms with Gasteiger partial charge in [0.25, 0.3) is 5.91 Å². The van der Waals surface area contributed by atoms with E-state index in [2.05, 4.69) is 16.0 Å². The van der Waals surface area contributed by atoms with Gasteiger partial charge in [0.15, 0.2) is 5.76 Å². The van der Waals surface area contributed by atoms with Gasteiger partial charge < -0.3 is 20.4 Å². The molecule has 6 nitrogen and oxygen atoms in total. The van der Waals surface area contributed by atoms with Crippen LogP contribution in [0.3, 0.4) is 0 Å². The molecule has 0 aliphatic heterocycles. The highest BCUT2D eigenvalue weighted by atomic mass is 16.4. The number of hydrogen-bond donors (Lipinski definition) is 3. The molecule has 1 aromatic heterocycles. The van der Waals surface area contributed by atoms with Crippen LogP contribution >= 0.6 is 0 Å². The summed E-state index contributed by atoms with van der Waals surface area (Å²) in [4.78, 5) is 23.4. The fraction of sp³-hybridized carbons (Fsp3) is 0.333. The van der Waals surface area contributed by atoms with Crippen molar-refractivity contribution in [1.29, 1.82) is 0 Å². The van der Waals surface area contributed by atoms with E-state index in [0.29, 0.717) is 12.3 Å². The van der Waals surface area contributed by atoms with E-state index in [4.69, 9.17) is 4.42 Å². The topological polar surface area (TPSA) is 83.4 Å². The SMILES string of the molecule is CNC(=O)c1ccc(CNCC(=O)NC(C)c2ccc(C)cc2)o1. The molecular weight excluding hydrogens is 306 g/mol. The summed E-state index contributed by atoms with van der Waals surface area (Å²) in [5.74, 6) is 0.492. The van der Waals surface area contributed by atoms with E-state index in [1.165, 1.54) is 5.56 Å². The number of rotatable bonds is 7. The molecule has 0 bridgehead atoms. The highest BCUT2D eigenvalue weighted by molar-refractivity contribution is 5.91. The van der Waals surface area contributed by atoms with Gasteiger partial charge in [-0.15, -0.1) is 0 Å². The summed E-state index contributed by atoms with van der Waals surface area (Å²) < 4.78 is 5.37. The van der Waals surface area contributed by atoms with Crippen LogP contribution in [0.4, 0.5) is 0 Å². The minimum absolute atomic E-state index is 0.0524. The Kier molecular flexibility index (Phi) is 6.14. The van der Waals surface area contributed by atoms with Crippen molar-refractivity contribution in [2.75, 3.05) is 13.6 Å². The molecule has 0 fully saturated rings. The van der Waals surface area contributed by atoms with Gasteiger partial charge in [-0.05, 0) is 31.5 Å². The Morgan fingerprint density at radius 1 is 1.12 bits per heavy atom. The van der Waals surface area contributed by atoms with Crippen molar-refractivity contribution in [3.05, 3.63) is 59.0 Å². The average Bonchev–Trinajstić information content (AvgIpc) is 3.03. The summed E-state index contributed by atoms with van der Waals surface area (Å²) in [6.07, 6.45) is 0. The lowest BCUT2D eigenvalue weighted by Gasteiger charge is -2.14. The van der Waals surface area contributed by atoms with Crippen molar-refractivity contribution >= 4 is 11.8 Å². The van der Waals surface area contributed by atoms with E-state index in [9.17, 15) is 9.59 Å². The minimum Gasteiger partial charge on any atom is -0.455 e. The molecule has 0 saturated carbocycles. The molecular formula is C18H23N3O3. The first-order valence-electron chi connectivity index (χ1n) is 7.87. The van der Waals surface area contributed by atoms with Crippen LogP contribution in [-0.2, 0) is 11.3 Å². The Balaban J connectivity index is 1.76. The third-order valence-corrected chi connectivity index (χ3v) is 3.65. The van der Waals surface area contributed by atoms with Gasteiger partial charge in [-0.3, -0.25) is 9.59 Å². The van der Waals surface area contributed by atoms with Gasteiger partial charge in [-0.25, -0.2) is 0 Å². The predicted octanol–water partition coefficient (Wildman–Crippen LogP) is 1.91. The number of hydrogen-bond acceptors (Lipinski definition) is 4. The fourth-order valence-corrected chi connectivity index (χ4v) is 2.25. The third-order valence-electron chi connectivity index (χ3n) is 3.65. The van der Waals surface area contributed by atoms with Crippen LogP contribution in [0.15, 0.2) is 40.8 Å². The lowest BCUT2D eigenvalue weighted by molar-refractivity contribution is -0.120. The summed E-state index contributed by atoms with van der Waals surface area (Å²) in [7, 11) is 1.54.